The molecule has 0 rings (SSSR count). The second-order valence-corrected chi connectivity index (χ2v) is 5.22. The van der Waals surface area contributed by atoms with Crippen LogP contribution in [0, 0.1) is 0 Å². The highest BCUT2D eigenvalue weighted by atomic mass is 16.6. The third kappa shape index (κ3) is 15.5. The minimum Gasteiger partial charge on any atom is -0.463 e. The summed E-state index contributed by atoms with van der Waals surface area (Å²) in [4.78, 5) is 32.3. The van der Waals surface area contributed by atoms with Gasteiger partial charge in [0, 0.05) is 20.8 Å². The van der Waals surface area contributed by atoms with Gasteiger partial charge in [-0.3, -0.25) is 14.4 Å². The topological polar surface area (TPSA) is 138 Å². The largest absolute Gasteiger partial charge is 0.463 e. The molecule has 0 fully saturated rings. The predicted molar refractivity (Wildman–Crippen MR) is 82.5 cm³/mol. The van der Waals surface area contributed by atoms with Crippen molar-refractivity contribution in [3.63, 3.8) is 0 Å². The first-order valence-corrected chi connectivity index (χ1v) is 7.66. The molecule has 0 radical (unpaired) electrons. The Morgan fingerprint density at radius 1 is 0.680 bits per heavy atom. The standard InChI is InChI=1S/C15H26O10/c1-10(16)23-6-13(19)4-21-8-15(25-12(3)18)9-22-5-14(20)7-24-11(2)17/h13-15,19-20H,4-9H2,1-3H3. The van der Waals surface area contributed by atoms with E-state index in [1.165, 1.54) is 20.8 Å². The smallest absolute Gasteiger partial charge is 0.303 e. The first-order chi connectivity index (χ1) is 11.7. The molecule has 25 heavy (non-hydrogen) atoms. The maximum absolute atomic E-state index is 11.1. The molecule has 0 aliphatic heterocycles. The van der Waals surface area contributed by atoms with E-state index in [1.807, 2.05) is 0 Å². The van der Waals surface area contributed by atoms with Crippen LogP contribution in [0.4, 0.5) is 0 Å². The molecule has 146 valence electrons. The van der Waals surface area contributed by atoms with Gasteiger partial charge >= 0.3 is 17.9 Å². The Morgan fingerprint density at radius 3 is 1.40 bits per heavy atom. The fourth-order valence-corrected chi connectivity index (χ4v) is 1.55. The number of esters is 3. The monoisotopic (exact) mass is 366 g/mol. The molecule has 0 aromatic heterocycles. The van der Waals surface area contributed by atoms with Crippen LogP contribution < -0.4 is 0 Å². The minimum atomic E-state index is -1.01. The summed E-state index contributed by atoms with van der Waals surface area (Å²) in [5.74, 6) is -1.58. The third-order valence-corrected chi connectivity index (χ3v) is 2.52. The van der Waals surface area contributed by atoms with E-state index in [9.17, 15) is 24.6 Å². The van der Waals surface area contributed by atoms with Crippen LogP contribution in [-0.2, 0) is 38.1 Å². The molecular formula is C15H26O10. The summed E-state index contributed by atoms with van der Waals surface area (Å²) in [6, 6.07) is 0. The zero-order chi connectivity index (χ0) is 19.2. The van der Waals surface area contributed by atoms with E-state index in [0.29, 0.717) is 0 Å². The molecule has 0 spiro atoms. The summed E-state index contributed by atoms with van der Waals surface area (Å²) in [6.07, 6.45) is -2.76. The van der Waals surface area contributed by atoms with Crippen molar-refractivity contribution >= 4 is 17.9 Å². The first-order valence-electron chi connectivity index (χ1n) is 7.66. The summed E-state index contributed by atoms with van der Waals surface area (Å²) < 4.78 is 24.6. The number of hydrogen-bond acceptors (Lipinski definition) is 10. The van der Waals surface area contributed by atoms with Crippen molar-refractivity contribution in [1.29, 1.82) is 0 Å². The van der Waals surface area contributed by atoms with Crippen LogP contribution in [0.25, 0.3) is 0 Å². The lowest BCUT2D eigenvalue weighted by Crippen LogP contribution is -2.32. The fourth-order valence-electron chi connectivity index (χ4n) is 1.55. The number of aliphatic hydroxyl groups excluding tert-OH is 2. The minimum absolute atomic E-state index is 0.0588. The lowest BCUT2D eigenvalue weighted by molar-refractivity contribution is -0.157. The van der Waals surface area contributed by atoms with Gasteiger partial charge in [-0.2, -0.15) is 0 Å². The fraction of sp³-hybridized carbons (Fsp3) is 0.800. The molecule has 2 atom stereocenters. The maximum atomic E-state index is 11.1. The molecule has 0 aliphatic rings. The van der Waals surface area contributed by atoms with Gasteiger partial charge in [0.05, 0.1) is 26.4 Å². The third-order valence-electron chi connectivity index (χ3n) is 2.52. The number of aliphatic hydroxyl groups is 2. The van der Waals surface area contributed by atoms with Crippen molar-refractivity contribution in [3.05, 3.63) is 0 Å². The average molecular weight is 366 g/mol. The lowest BCUT2D eigenvalue weighted by atomic mass is 10.3. The summed E-state index contributed by atoms with van der Waals surface area (Å²) in [7, 11) is 0. The molecule has 0 bridgehead atoms. The number of hydrogen-bond donors (Lipinski definition) is 2. The van der Waals surface area contributed by atoms with E-state index in [2.05, 4.69) is 9.47 Å². The molecule has 0 aliphatic carbocycles. The Labute approximate surface area is 145 Å². The molecule has 2 unspecified atom stereocenters. The Bertz CT molecular complexity index is 381. The van der Waals surface area contributed by atoms with Crippen molar-refractivity contribution in [2.75, 3.05) is 39.6 Å². The number of carbonyl (C=O) groups excluding carboxylic acids is 3. The van der Waals surface area contributed by atoms with Crippen LogP contribution in [0.15, 0.2) is 0 Å². The average Bonchev–Trinajstić information content (AvgIpc) is 2.50. The summed E-state index contributed by atoms with van der Waals surface area (Å²) in [5.41, 5.74) is 0. The normalized spacial score (nSPS) is 14.3. The van der Waals surface area contributed by atoms with Crippen LogP contribution in [0.2, 0.25) is 0 Å². The van der Waals surface area contributed by atoms with Gasteiger partial charge in [-0.15, -0.1) is 0 Å². The zero-order valence-corrected chi connectivity index (χ0v) is 14.6. The van der Waals surface area contributed by atoms with E-state index >= 15 is 0 Å². The van der Waals surface area contributed by atoms with E-state index in [-0.39, 0.29) is 39.6 Å². The highest BCUT2D eigenvalue weighted by Crippen LogP contribution is 1.99. The molecule has 0 aromatic carbocycles. The van der Waals surface area contributed by atoms with E-state index in [4.69, 9.17) is 14.2 Å². The zero-order valence-electron chi connectivity index (χ0n) is 14.6. The number of ether oxygens (including phenoxy) is 5. The SMILES string of the molecule is CC(=O)OCC(O)COCC(COCC(O)COC(C)=O)OC(C)=O. The predicted octanol–water partition coefficient (Wildman–Crippen LogP) is -1.20. The molecular weight excluding hydrogens is 340 g/mol. The maximum Gasteiger partial charge on any atom is 0.303 e. The second-order valence-electron chi connectivity index (χ2n) is 5.22. The van der Waals surface area contributed by atoms with Crippen molar-refractivity contribution < 1.29 is 48.3 Å². The van der Waals surface area contributed by atoms with Gasteiger partial charge in [-0.25, -0.2) is 0 Å². The van der Waals surface area contributed by atoms with Gasteiger partial charge in [0.25, 0.3) is 0 Å². The first kappa shape index (κ1) is 23.2. The van der Waals surface area contributed by atoms with Gasteiger partial charge in [0.1, 0.15) is 31.5 Å². The Hall–Kier alpha value is -1.75. The summed E-state index contributed by atoms with van der Waals surface area (Å²) in [6.45, 7) is 2.89. The molecule has 10 heteroatoms. The second kappa shape index (κ2) is 13.5. The van der Waals surface area contributed by atoms with Crippen LogP contribution in [0.1, 0.15) is 20.8 Å². The summed E-state index contributed by atoms with van der Waals surface area (Å²) >= 11 is 0. The van der Waals surface area contributed by atoms with Crippen molar-refractivity contribution in [2.45, 2.75) is 39.1 Å². The quantitative estimate of drug-likeness (QED) is 0.302. The molecule has 0 saturated carbocycles. The molecule has 2 N–H and O–H groups in total. The molecule has 0 amide bonds. The molecule has 0 aromatic rings. The van der Waals surface area contributed by atoms with Crippen molar-refractivity contribution in [3.8, 4) is 0 Å². The molecule has 0 heterocycles. The summed E-state index contributed by atoms with van der Waals surface area (Å²) in [5, 5.41) is 19.1. The van der Waals surface area contributed by atoms with E-state index in [0.717, 1.165) is 0 Å². The van der Waals surface area contributed by atoms with Crippen LogP contribution >= 0.6 is 0 Å². The van der Waals surface area contributed by atoms with Crippen LogP contribution in [0.3, 0.4) is 0 Å². The van der Waals surface area contributed by atoms with Gasteiger partial charge in [0.15, 0.2) is 0 Å². The van der Waals surface area contributed by atoms with Crippen LogP contribution in [0.5, 0.6) is 0 Å². The number of carbonyl (C=O) groups is 3. The Kier molecular flexibility index (Phi) is 12.6. The Morgan fingerprint density at radius 2 is 1.08 bits per heavy atom. The van der Waals surface area contributed by atoms with Crippen molar-refractivity contribution in [1.82, 2.24) is 0 Å². The van der Waals surface area contributed by atoms with Crippen molar-refractivity contribution in [2.24, 2.45) is 0 Å². The van der Waals surface area contributed by atoms with Gasteiger partial charge < -0.3 is 33.9 Å². The highest BCUT2D eigenvalue weighted by Gasteiger charge is 2.16. The van der Waals surface area contributed by atoms with Gasteiger partial charge in [0.2, 0.25) is 0 Å². The van der Waals surface area contributed by atoms with E-state index < -0.39 is 36.2 Å². The number of rotatable bonds is 13. The molecule has 10 nitrogen and oxygen atoms in total. The highest BCUT2D eigenvalue weighted by molar-refractivity contribution is 5.66. The Balaban J connectivity index is 4.05. The lowest BCUT2D eigenvalue weighted by Gasteiger charge is -2.19. The van der Waals surface area contributed by atoms with E-state index in [1.54, 1.807) is 0 Å². The van der Waals surface area contributed by atoms with Gasteiger partial charge in [-0.1, -0.05) is 0 Å². The van der Waals surface area contributed by atoms with Crippen LogP contribution in [-0.4, -0.2) is 86.1 Å². The van der Waals surface area contributed by atoms with Gasteiger partial charge in [-0.05, 0) is 0 Å². The molecule has 0 saturated heterocycles.